The number of rotatable bonds is 9. The third kappa shape index (κ3) is 6.46. The largest absolute Gasteiger partial charge is 0.491 e. The summed E-state index contributed by atoms with van der Waals surface area (Å²) in [4.78, 5) is 9.24. The number of hydrogen-bond donors (Lipinski definition) is 3. The monoisotopic (exact) mass is 423 g/mol. The first-order valence-electron chi connectivity index (χ1n) is 10.9. The van der Waals surface area contributed by atoms with Crippen molar-refractivity contribution in [1.29, 1.82) is 0 Å². The van der Waals surface area contributed by atoms with Crippen LogP contribution in [0.5, 0.6) is 5.75 Å². The van der Waals surface area contributed by atoms with Crippen molar-refractivity contribution < 1.29 is 9.84 Å². The minimum atomic E-state index is -0.676. The van der Waals surface area contributed by atoms with Gasteiger partial charge < -0.3 is 24.9 Å². The maximum absolute atomic E-state index is 10.5. The molecule has 2 heterocycles. The number of aryl methyl sites for hydroxylation is 1. The lowest BCUT2D eigenvalue weighted by Gasteiger charge is -2.14. The van der Waals surface area contributed by atoms with Gasteiger partial charge in [-0.15, -0.1) is 0 Å². The first-order valence-corrected chi connectivity index (χ1v) is 10.9. The van der Waals surface area contributed by atoms with E-state index < -0.39 is 6.10 Å². The summed E-state index contributed by atoms with van der Waals surface area (Å²) >= 11 is 0. The van der Waals surface area contributed by atoms with Crippen LogP contribution in [-0.4, -0.2) is 46.2 Å². The second kappa shape index (κ2) is 10.8. The van der Waals surface area contributed by atoms with Gasteiger partial charge in [-0.3, -0.25) is 4.99 Å². The number of nitrogens with one attached hydrogen (secondary N) is 2. The average molecular weight is 424 g/mol. The fraction of sp³-hybridized carbons (Fsp3) is 0.417. The molecule has 3 rings (SSSR count). The van der Waals surface area contributed by atoms with Crippen molar-refractivity contribution in [3.05, 3.63) is 65.6 Å². The minimum Gasteiger partial charge on any atom is -0.491 e. The molecule has 31 heavy (non-hydrogen) atoms. The molecule has 0 radical (unpaired) electrons. The van der Waals surface area contributed by atoms with E-state index in [-0.39, 0.29) is 12.6 Å². The quantitative estimate of drug-likeness (QED) is 0.363. The Morgan fingerprint density at radius 2 is 1.97 bits per heavy atom. The second-order valence-corrected chi connectivity index (χ2v) is 7.80. The highest BCUT2D eigenvalue weighted by Crippen LogP contribution is 2.19. The van der Waals surface area contributed by atoms with Crippen molar-refractivity contribution >= 4 is 11.6 Å². The first-order chi connectivity index (χ1) is 15.0. The van der Waals surface area contributed by atoms with E-state index in [1.54, 1.807) is 0 Å². The number of aliphatic hydroxyl groups excluding tert-OH is 1. The van der Waals surface area contributed by atoms with Crippen LogP contribution in [-0.2, 0) is 6.42 Å². The third-order valence-electron chi connectivity index (χ3n) is 4.80. The molecule has 3 aromatic rings. The lowest BCUT2D eigenvalue weighted by molar-refractivity contribution is 0.186. The van der Waals surface area contributed by atoms with Crippen LogP contribution in [0.2, 0.25) is 0 Å². The summed E-state index contributed by atoms with van der Waals surface area (Å²) in [5.41, 5.74) is 4.00. The van der Waals surface area contributed by atoms with Crippen LogP contribution in [0.3, 0.4) is 0 Å². The number of hydrogen-bond acceptors (Lipinski definition) is 4. The van der Waals surface area contributed by atoms with E-state index in [1.807, 2.05) is 57.3 Å². The molecule has 0 fully saturated rings. The zero-order chi connectivity index (χ0) is 22.2. The van der Waals surface area contributed by atoms with Gasteiger partial charge in [-0.2, -0.15) is 0 Å². The van der Waals surface area contributed by atoms with Crippen molar-refractivity contribution in [2.45, 2.75) is 46.3 Å². The van der Waals surface area contributed by atoms with Crippen molar-refractivity contribution in [2.24, 2.45) is 4.99 Å². The van der Waals surface area contributed by atoms with E-state index >= 15 is 0 Å². The first kappa shape index (κ1) is 22.6. The van der Waals surface area contributed by atoms with Crippen LogP contribution in [0.15, 0.2) is 53.8 Å². The Kier molecular flexibility index (Phi) is 7.89. The van der Waals surface area contributed by atoms with Gasteiger partial charge in [0.15, 0.2) is 5.96 Å². The van der Waals surface area contributed by atoms with Crippen LogP contribution in [0.4, 0.5) is 0 Å². The fourth-order valence-corrected chi connectivity index (χ4v) is 3.30. The highest BCUT2D eigenvalue weighted by molar-refractivity contribution is 5.79. The van der Waals surface area contributed by atoms with Crippen LogP contribution in [0.25, 0.3) is 5.65 Å². The zero-order valence-corrected chi connectivity index (χ0v) is 18.8. The van der Waals surface area contributed by atoms with Crippen LogP contribution in [0, 0.1) is 6.92 Å². The molecule has 1 aromatic carbocycles. The molecular weight excluding hydrogens is 390 g/mol. The topological polar surface area (TPSA) is 83.2 Å². The van der Waals surface area contributed by atoms with Gasteiger partial charge in [-0.25, -0.2) is 4.98 Å². The molecule has 7 heteroatoms. The van der Waals surface area contributed by atoms with Gasteiger partial charge in [-0.1, -0.05) is 18.2 Å². The molecule has 0 aliphatic carbocycles. The van der Waals surface area contributed by atoms with Gasteiger partial charge in [-0.05, 0) is 57.0 Å². The van der Waals surface area contributed by atoms with Crippen molar-refractivity contribution in [3.63, 3.8) is 0 Å². The Morgan fingerprint density at radius 3 is 2.65 bits per heavy atom. The van der Waals surface area contributed by atoms with Crippen molar-refractivity contribution in [2.75, 3.05) is 19.6 Å². The highest BCUT2D eigenvalue weighted by Gasteiger charge is 2.09. The molecule has 2 aromatic heterocycles. The Labute approximate surface area is 184 Å². The predicted octanol–water partition coefficient (Wildman–Crippen LogP) is 3.26. The normalized spacial score (nSPS) is 12.9. The smallest absolute Gasteiger partial charge is 0.191 e. The molecule has 166 valence electrons. The van der Waals surface area contributed by atoms with Gasteiger partial charge in [0, 0.05) is 31.9 Å². The summed E-state index contributed by atoms with van der Waals surface area (Å²) < 4.78 is 7.70. The minimum absolute atomic E-state index is 0.124. The number of aromatic nitrogens is 2. The molecule has 3 N–H and O–H groups in total. The summed E-state index contributed by atoms with van der Waals surface area (Å²) in [6, 6.07) is 11.6. The average Bonchev–Trinajstić information content (AvgIpc) is 3.16. The summed E-state index contributed by atoms with van der Waals surface area (Å²) in [6.07, 6.45) is 4.31. The van der Waals surface area contributed by atoms with Gasteiger partial charge in [0.05, 0.1) is 24.4 Å². The summed E-state index contributed by atoms with van der Waals surface area (Å²) in [6.45, 7) is 9.78. The fourth-order valence-electron chi connectivity index (χ4n) is 3.30. The molecular formula is C24H33N5O2. The maximum Gasteiger partial charge on any atom is 0.191 e. The third-order valence-corrected chi connectivity index (χ3v) is 4.80. The molecule has 7 nitrogen and oxygen atoms in total. The lowest BCUT2D eigenvalue weighted by atomic mass is 10.1. The molecule has 1 unspecified atom stereocenters. The molecule has 0 saturated heterocycles. The number of benzene rings is 1. The Hall–Kier alpha value is -3.06. The molecule has 0 saturated carbocycles. The van der Waals surface area contributed by atoms with Gasteiger partial charge in [0.1, 0.15) is 11.4 Å². The molecule has 0 bridgehead atoms. The summed E-state index contributed by atoms with van der Waals surface area (Å²) in [5.74, 6) is 1.48. The maximum atomic E-state index is 10.5. The Morgan fingerprint density at radius 1 is 1.19 bits per heavy atom. The number of aliphatic imine (C=N–C) groups is 1. The summed E-state index contributed by atoms with van der Waals surface area (Å²) in [5, 5.41) is 17.1. The van der Waals surface area contributed by atoms with Crippen LogP contribution < -0.4 is 15.4 Å². The van der Waals surface area contributed by atoms with Crippen molar-refractivity contribution in [3.8, 4) is 5.75 Å². The van der Waals surface area contributed by atoms with E-state index in [1.165, 1.54) is 0 Å². The highest BCUT2D eigenvalue weighted by atomic mass is 16.5. The molecule has 0 aliphatic rings. The Bertz CT molecular complexity index is 995. The molecule has 0 aliphatic heterocycles. The van der Waals surface area contributed by atoms with Gasteiger partial charge in [0.25, 0.3) is 0 Å². The van der Waals surface area contributed by atoms with E-state index in [0.29, 0.717) is 12.5 Å². The standard InChI is InChI=1S/C24H33N5O2/c1-5-25-24(26-13-12-20-16-29-14-6-7-18(4)23(29)28-20)27-15-22(30)19-8-10-21(11-9-19)31-17(2)3/h6-11,14,16-17,22,30H,5,12-13,15H2,1-4H3,(H2,25,26,27). The lowest BCUT2D eigenvalue weighted by Crippen LogP contribution is -2.38. The van der Waals surface area contributed by atoms with E-state index in [4.69, 9.17) is 9.72 Å². The van der Waals surface area contributed by atoms with Crippen LogP contribution >= 0.6 is 0 Å². The Balaban J connectivity index is 1.54. The van der Waals surface area contributed by atoms with Gasteiger partial charge >= 0.3 is 0 Å². The predicted molar refractivity (Wildman–Crippen MR) is 125 cm³/mol. The van der Waals surface area contributed by atoms with Crippen LogP contribution in [0.1, 0.15) is 43.7 Å². The second-order valence-electron chi connectivity index (χ2n) is 7.80. The number of aliphatic hydroxyl groups is 1. The number of imidazole rings is 1. The SMILES string of the molecule is CCNC(=NCC(O)c1ccc(OC(C)C)cc1)NCCc1cn2cccc(C)c2n1. The van der Waals surface area contributed by atoms with Gasteiger partial charge in [0.2, 0.25) is 0 Å². The number of guanidine groups is 1. The number of pyridine rings is 1. The van der Waals surface area contributed by atoms with E-state index in [2.05, 4.69) is 39.2 Å². The summed E-state index contributed by atoms with van der Waals surface area (Å²) in [7, 11) is 0. The molecule has 0 amide bonds. The molecule has 0 spiro atoms. The zero-order valence-electron chi connectivity index (χ0n) is 18.8. The number of nitrogens with zero attached hydrogens (tertiary/aromatic N) is 3. The van der Waals surface area contributed by atoms with Crippen molar-refractivity contribution in [1.82, 2.24) is 20.0 Å². The number of fused-ring (bicyclic) bond motifs is 1. The molecule has 1 atom stereocenters. The van der Waals surface area contributed by atoms with E-state index in [0.717, 1.165) is 41.2 Å². The number of ether oxygens (including phenoxy) is 1. The van der Waals surface area contributed by atoms with E-state index in [9.17, 15) is 5.11 Å².